The molecule has 0 amide bonds. The Morgan fingerprint density at radius 2 is 2.06 bits per heavy atom. The van der Waals surface area contributed by atoms with Gasteiger partial charge in [-0.05, 0) is 53.0 Å². The Hall–Kier alpha value is -1.26. The van der Waals surface area contributed by atoms with Crippen molar-refractivity contribution in [2.45, 2.75) is 13.8 Å². The van der Waals surface area contributed by atoms with Gasteiger partial charge in [0.2, 0.25) is 5.88 Å². The van der Waals surface area contributed by atoms with Crippen molar-refractivity contribution in [3.8, 4) is 11.6 Å². The van der Waals surface area contributed by atoms with E-state index in [2.05, 4.69) is 20.9 Å². The standard InChI is InChI=1S/C13H12BrClN2O/c1-7-3-4-9(15)11(5-7)18-13-12(14)8(2)10(16)6-17-13/h3-6H,16H2,1-2H3. The van der Waals surface area contributed by atoms with Gasteiger partial charge in [-0.2, -0.15) is 0 Å². The number of aryl methyl sites for hydroxylation is 1. The summed E-state index contributed by atoms with van der Waals surface area (Å²) in [5.74, 6) is 1.03. The van der Waals surface area contributed by atoms with E-state index >= 15 is 0 Å². The van der Waals surface area contributed by atoms with Crippen LogP contribution in [-0.2, 0) is 0 Å². The fraction of sp³-hybridized carbons (Fsp3) is 0.154. The van der Waals surface area contributed by atoms with Gasteiger partial charge in [0.1, 0.15) is 5.75 Å². The number of anilines is 1. The molecule has 0 spiro atoms. The first-order valence-corrected chi connectivity index (χ1v) is 6.50. The molecule has 18 heavy (non-hydrogen) atoms. The smallest absolute Gasteiger partial charge is 0.234 e. The summed E-state index contributed by atoms with van der Waals surface area (Å²) in [6.45, 7) is 3.87. The number of pyridine rings is 1. The monoisotopic (exact) mass is 326 g/mol. The molecule has 2 aromatic rings. The van der Waals surface area contributed by atoms with E-state index in [1.54, 1.807) is 12.3 Å². The first-order valence-electron chi connectivity index (χ1n) is 5.33. The summed E-state index contributed by atoms with van der Waals surface area (Å²) in [6.07, 6.45) is 1.57. The molecule has 0 bridgehead atoms. The topological polar surface area (TPSA) is 48.1 Å². The van der Waals surface area contributed by atoms with Crippen molar-refractivity contribution in [2.24, 2.45) is 0 Å². The van der Waals surface area contributed by atoms with Crippen molar-refractivity contribution in [1.29, 1.82) is 0 Å². The minimum atomic E-state index is 0.453. The maximum Gasteiger partial charge on any atom is 0.234 e. The fourth-order valence-corrected chi connectivity index (χ4v) is 2.00. The van der Waals surface area contributed by atoms with Gasteiger partial charge >= 0.3 is 0 Å². The van der Waals surface area contributed by atoms with Crippen LogP contribution in [0.25, 0.3) is 0 Å². The Labute approximate surface area is 119 Å². The van der Waals surface area contributed by atoms with Crippen LogP contribution in [0, 0.1) is 13.8 Å². The highest BCUT2D eigenvalue weighted by Crippen LogP contribution is 2.35. The number of rotatable bonds is 2. The first-order chi connectivity index (χ1) is 8.49. The van der Waals surface area contributed by atoms with Crippen LogP contribution in [0.2, 0.25) is 5.02 Å². The van der Waals surface area contributed by atoms with Gasteiger partial charge in [0, 0.05) is 0 Å². The molecule has 0 fully saturated rings. The lowest BCUT2D eigenvalue weighted by Gasteiger charge is -2.11. The number of nitrogens with two attached hydrogens (primary N) is 1. The average Bonchev–Trinajstić information content (AvgIpc) is 2.34. The Balaban J connectivity index is 2.40. The first kappa shape index (κ1) is 13.2. The Bertz CT molecular complexity index is 602. The van der Waals surface area contributed by atoms with E-state index in [9.17, 15) is 0 Å². The van der Waals surface area contributed by atoms with Crippen LogP contribution in [0.4, 0.5) is 5.69 Å². The van der Waals surface area contributed by atoms with Crippen LogP contribution in [0.15, 0.2) is 28.9 Å². The van der Waals surface area contributed by atoms with E-state index in [1.165, 1.54) is 0 Å². The normalized spacial score (nSPS) is 10.4. The summed E-state index contributed by atoms with van der Waals surface area (Å²) in [4.78, 5) is 4.15. The second-order valence-corrected chi connectivity index (χ2v) is 5.19. The Morgan fingerprint density at radius 1 is 1.33 bits per heavy atom. The quantitative estimate of drug-likeness (QED) is 0.884. The van der Waals surface area contributed by atoms with E-state index in [4.69, 9.17) is 22.1 Å². The van der Waals surface area contributed by atoms with Gasteiger partial charge in [0.05, 0.1) is 21.4 Å². The van der Waals surface area contributed by atoms with Crippen molar-refractivity contribution in [1.82, 2.24) is 4.98 Å². The highest BCUT2D eigenvalue weighted by atomic mass is 79.9. The van der Waals surface area contributed by atoms with Crippen LogP contribution in [-0.4, -0.2) is 4.98 Å². The zero-order chi connectivity index (χ0) is 13.3. The number of nitrogen functional groups attached to an aromatic ring is 1. The average molecular weight is 328 g/mol. The van der Waals surface area contributed by atoms with Crippen molar-refractivity contribution >= 4 is 33.2 Å². The molecule has 0 saturated carbocycles. The molecule has 0 atom stereocenters. The number of hydrogen-bond acceptors (Lipinski definition) is 3. The van der Waals surface area contributed by atoms with Crippen molar-refractivity contribution < 1.29 is 4.74 Å². The highest BCUT2D eigenvalue weighted by Gasteiger charge is 2.11. The molecule has 1 aromatic heterocycles. The van der Waals surface area contributed by atoms with Crippen molar-refractivity contribution in [2.75, 3.05) is 5.73 Å². The lowest BCUT2D eigenvalue weighted by molar-refractivity contribution is 0.459. The molecule has 1 aromatic carbocycles. The molecule has 0 aliphatic heterocycles. The molecule has 5 heteroatoms. The number of nitrogens with zero attached hydrogens (tertiary/aromatic N) is 1. The third-order valence-electron chi connectivity index (χ3n) is 2.56. The Morgan fingerprint density at radius 3 is 2.78 bits per heavy atom. The zero-order valence-electron chi connectivity index (χ0n) is 10.00. The van der Waals surface area contributed by atoms with Crippen LogP contribution in [0.1, 0.15) is 11.1 Å². The predicted octanol–water partition coefficient (Wildman–Crippen LogP) is 4.49. The third kappa shape index (κ3) is 2.60. The molecule has 0 unspecified atom stereocenters. The van der Waals surface area contributed by atoms with Gasteiger partial charge in [-0.3, -0.25) is 0 Å². The van der Waals surface area contributed by atoms with E-state index < -0.39 is 0 Å². The minimum Gasteiger partial charge on any atom is -0.436 e. The second-order valence-electron chi connectivity index (χ2n) is 3.99. The second kappa shape index (κ2) is 5.16. The van der Waals surface area contributed by atoms with E-state index in [-0.39, 0.29) is 0 Å². The van der Waals surface area contributed by atoms with Gasteiger partial charge < -0.3 is 10.5 Å². The van der Waals surface area contributed by atoms with Gasteiger partial charge in [0.25, 0.3) is 0 Å². The van der Waals surface area contributed by atoms with Crippen LogP contribution >= 0.6 is 27.5 Å². The summed E-state index contributed by atoms with van der Waals surface area (Å²) in [5, 5.41) is 0.545. The third-order valence-corrected chi connectivity index (χ3v) is 3.81. The van der Waals surface area contributed by atoms with Gasteiger partial charge in [-0.25, -0.2) is 4.98 Å². The lowest BCUT2D eigenvalue weighted by Crippen LogP contribution is -1.96. The highest BCUT2D eigenvalue weighted by molar-refractivity contribution is 9.10. The van der Waals surface area contributed by atoms with Gasteiger partial charge in [-0.1, -0.05) is 17.7 Å². The SMILES string of the molecule is Cc1ccc(Cl)c(Oc2ncc(N)c(C)c2Br)c1. The summed E-state index contributed by atoms with van der Waals surface area (Å²) < 4.78 is 6.45. The minimum absolute atomic E-state index is 0.453. The molecule has 2 N–H and O–H groups in total. The van der Waals surface area contributed by atoms with Crippen molar-refractivity contribution in [3.05, 3.63) is 45.0 Å². The molecular formula is C13H12BrClN2O. The molecule has 94 valence electrons. The summed E-state index contributed by atoms with van der Waals surface area (Å²) in [7, 11) is 0. The van der Waals surface area contributed by atoms with E-state index in [0.29, 0.717) is 22.3 Å². The summed E-state index contributed by atoms with van der Waals surface area (Å²) >= 11 is 9.50. The number of hydrogen-bond donors (Lipinski definition) is 1. The number of aromatic nitrogens is 1. The van der Waals surface area contributed by atoms with Crippen LogP contribution < -0.4 is 10.5 Å². The van der Waals surface area contributed by atoms with E-state index in [0.717, 1.165) is 15.6 Å². The molecular weight excluding hydrogens is 316 g/mol. The van der Waals surface area contributed by atoms with E-state index in [1.807, 2.05) is 26.0 Å². The number of benzene rings is 1. The molecule has 0 aliphatic rings. The summed E-state index contributed by atoms with van der Waals surface area (Å²) in [6, 6.07) is 5.58. The van der Waals surface area contributed by atoms with Crippen LogP contribution in [0.3, 0.4) is 0 Å². The number of ether oxygens (including phenoxy) is 1. The fourth-order valence-electron chi connectivity index (χ4n) is 1.43. The maximum absolute atomic E-state index is 6.08. The molecule has 3 nitrogen and oxygen atoms in total. The zero-order valence-corrected chi connectivity index (χ0v) is 12.3. The molecule has 0 saturated heterocycles. The van der Waals surface area contributed by atoms with Gasteiger partial charge in [-0.15, -0.1) is 0 Å². The summed E-state index contributed by atoms with van der Waals surface area (Å²) in [5.41, 5.74) is 8.34. The molecule has 2 rings (SSSR count). The van der Waals surface area contributed by atoms with Gasteiger partial charge in [0.15, 0.2) is 0 Å². The lowest BCUT2D eigenvalue weighted by atomic mass is 10.2. The van der Waals surface area contributed by atoms with Crippen LogP contribution in [0.5, 0.6) is 11.6 Å². The maximum atomic E-state index is 6.08. The Kier molecular flexibility index (Phi) is 3.78. The predicted molar refractivity (Wildman–Crippen MR) is 77.3 cm³/mol. The largest absolute Gasteiger partial charge is 0.436 e. The molecule has 0 aliphatic carbocycles. The van der Waals surface area contributed by atoms with Crippen molar-refractivity contribution in [3.63, 3.8) is 0 Å². The molecule has 1 heterocycles. The number of halogens is 2. The molecule has 0 radical (unpaired) electrons.